The zero-order valence-electron chi connectivity index (χ0n) is 14.3. The highest BCUT2D eigenvalue weighted by molar-refractivity contribution is 5.85. The first-order valence-corrected chi connectivity index (χ1v) is 7.95. The first-order valence-electron chi connectivity index (χ1n) is 7.95. The lowest BCUT2D eigenvalue weighted by Gasteiger charge is -2.33. The number of amides is 2. The molecule has 2 amide bonds. The molecule has 1 aromatic rings. The van der Waals surface area contributed by atoms with Crippen LogP contribution in [0.25, 0.3) is 0 Å². The van der Waals surface area contributed by atoms with Gasteiger partial charge in [-0.25, -0.2) is 4.79 Å². The van der Waals surface area contributed by atoms with Gasteiger partial charge in [0, 0.05) is 12.8 Å². The van der Waals surface area contributed by atoms with Gasteiger partial charge < -0.3 is 20.1 Å². The normalized spacial score (nSPS) is 20.5. The van der Waals surface area contributed by atoms with E-state index in [4.69, 9.17) is 9.47 Å². The molecule has 1 fully saturated rings. The molecular weight excluding hydrogens is 308 g/mol. The second-order valence-electron chi connectivity index (χ2n) is 6.06. The van der Waals surface area contributed by atoms with Gasteiger partial charge in [0.25, 0.3) is 0 Å². The van der Waals surface area contributed by atoms with Gasteiger partial charge in [-0.3, -0.25) is 4.79 Å². The highest BCUT2D eigenvalue weighted by Crippen LogP contribution is 2.31. The SMILES string of the molecule is C=C1NC(=O)N[C@H](c2ccc(C(C)C)cc2)[C@H]1C(=O)OCCOC. The van der Waals surface area contributed by atoms with Crippen molar-refractivity contribution in [3.05, 3.63) is 47.7 Å². The molecule has 2 atom stereocenters. The van der Waals surface area contributed by atoms with Gasteiger partial charge in [0.15, 0.2) is 0 Å². The van der Waals surface area contributed by atoms with Gasteiger partial charge in [-0.1, -0.05) is 44.7 Å². The van der Waals surface area contributed by atoms with Crippen LogP contribution in [-0.2, 0) is 14.3 Å². The third kappa shape index (κ3) is 4.14. The molecule has 0 unspecified atom stereocenters. The minimum Gasteiger partial charge on any atom is -0.463 e. The Bertz CT molecular complexity index is 610. The van der Waals surface area contributed by atoms with E-state index in [1.54, 1.807) is 0 Å². The Hall–Kier alpha value is -2.34. The summed E-state index contributed by atoms with van der Waals surface area (Å²) in [6.07, 6.45) is 0. The number of hydrogen-bond donors (Lipinski definition) is 2. The van der Waals surface area contributed by atoms with Crippen LogP contribution in [0.2, 0.25) is 0 Å². The maximum Gasteiger partial charge on any atom is 0.319 e. The number of ether oxygens (including phenoxy) is 2. The van der Waals surface area contributed by atoms with Gasteiger partial charge in [-0.2, -0.15) is 0 Å². The molecule has 0 bridgehead atoms. The molecule has 1 heterocycles. The lowest BCUT2D eigenvalue weighted by molar-refractivity contribution is -0.149. The number of esters is 1. The molecule has 0 aromatic heterocycles. The zero-order valence-corrected chi connectivity index (χ0v) is 14.3. The van der Waals surface area contributed by atoms with E-state index < -0.39 is 17.9 Å². The molecule has 24 heavy (non-hydrogen) atoms. The van der Waals surface area contributed by atoms with Crippen LogP contribution >= 0.6 is 0 Å². The minimum absolute atomic E-state index is 0.159. The molecule has 1 aliphatic heterocycles. The third-order valence-corrected chi connectivity index (χ3v) is 4.02. The monoisotopic (exact) mass is 332 g/mol. The van der Waals surface area contributed by atoms with Gasteiger partial charge in [-0.15, -0.1) is 0 Å². The topological polar surface area (TPSA) is 76.7 Å². The van der Waals surface area contributed by atoms with Crippen LogP contribution in [0.15, 0.2) is 36.5 Å². The Morgan fingerprint density at radius 2 is 1.92 bits per heavy atom. The fraction of sp³-hybridized carbons (Fsp3) is 0.444. The molecule has 6 heteroatoms. The van der Waals surface area contributed by atoms with E-state index in [-0.39, 0.29) is 12.6 Å². The average Bonchev–Trinajstić information content (AvgIpc) is 2.54. The summed E-state index contributed by atoms with van der Waals surface area (Å²) in [5, 5.41) is 5.34. The van der Waals surface area contributed by atoms with Crippen molar-refractivity contribution in [2.45, 2.75) is 25.8 Å². The Labute approximate surface area is 142 Å². The van der Waals surface area contributed by atoms with Crippen molar-refractivity contribution in [2.24, 2.45) is 5.92 Å². The van der Waals surface area contributed by atoms with Gasteiger partial charge in [0.2, 0.25) is 0 Å². The van der Waals surface area contributed by atoms with Gasteiger partial charge in [-0.05, 0) is 17.0 Å². The van der Waals surface area contributed by atoms with E-state index in [2.05, 4.69) is 31.1 Å². The van der Waals surface area contributed by atoms with Crippen molar-refractivity contribution < 1.29 is 19.1 Å². The van der Waals surface area contributed by atoms with E-state index in [9.17, 15) is 9.59 Å². The molecule has 0 radical (unpaired) electrons. The number of benzene rings is 1. The zero-order chi connectivity index (χ0) is 17.7. The van der Waals surface area contributed by atoms with Crippen LogP contribution in [0.5, 0.6) is 0 Å². The smallest absolute Gasteiger partial charge is 0.319 e. The number of nitrogens with one attached hydrogen (secondary N) is 2. The largest absolute Gasteiger partial charge is 0.463 e. The quantitative estimate of drug-likeness (QED) is 0.620. The number of carbonyl (C=O) groups excluding carboxylic acids is 2. The van der Waals surface area contributed by atoms with E-state index in [1.807, 2.05) is 24.3 Å². The minimum atomic E-state index is -0.690. The average molecular weight is 332 g/mol. The summed E-state index contributed by atoms with van der Waals surface area (Å²) in [6.45, 7) is 8.51. The summed E-state index contributed by atoms with van der Waals surface area (Å²) in [4.78, 5) is 24.2. The highest BCUT2D eigenvalue weighted by atomic mass is 16.6. The molecular formula is C18H24N2O4. The lowest BCUT2D eigenvalue weighted by atomic mass is 9.88. The predicted molar refractivity (Wildman–Crippen MR) is 90.4 cm³/mol. The predicted octanol–water partition coefficient (Wildman–Crippen LogP) is 2.48. The summed E-state index contributed by atoms with van der Waals surface area (Å²) in [5.74, 6) is -0.724. The van der Waals surface area contributed by atoms with Crippen molar-refractivity contribution >= 4 is 12.0 Å². The van der Waals surface area contributed by atoms with Crippen molar-refractivity contribution in [3.63, 3.8) is 0 Å². The Kier molecular flexibility index (Phi) is 5.98. The summed E-state index contributed by atoms with van der Waals surface area (Å²) >= 11 is 0. The highest BCUT2D eigenvalue weighted by Gasteiger charge is 2.38. The molecule has 0 aliphatic carbocycles. The van der Waals surface area contributed by atoms with Crippen LogP contribution in [-0.4, -0.2) is 32.3 Å². The number of urea groups is 1. The summed E-state index contributed by atoms with van der Waals surface area (Å²) < 4.78 is 10.1. The van der Waals surface area contributed by atoms with Gasteiger partial charge in [0.1, 0.15) is 12.5 Å². The van der Waals surface area contributed by atoms with E-state index in [0.717, 1.165) is 5.56 Å². The molecule has 0 saturated carbocycles. The maximum absolute atomic E-state index is 12.4. The molecule has 1 aliphatic rings. The Morgan fingerprint density at radius 3 is 2.50 bits per heavy atom. The molecule has 1 saturated heterocycles. The van der Waals surface area contributed by atoms with Crippen LogP contribution in [0, 0.1) is 5.92 Å². The van der Waals surface area contributed by atoms with Crippen LogP contribution < -0.4 is 10.6 Å². The fourth-order valence-corrected chi connectivity index (χ4v) is 2.64. The second-order valence-corrected chi connectivity index (χ2v) is 6.06. The molecule has 2 rings (SSSR count). The van der Waals surface area contributed by atoms with Crippen molar-refractivity contribution in [1.82, 2.24) is 10.6 Å². The fourth-order valence-electron chi connectivity index (χ4n) is 2.64. The number of methoxy groups -OCH3 is 1. The first-order chi connectivity index (χ1) is 11.4. The second kappa shape index (κ2) is 7.97. The van der Waals surface area contributed by atoms with Crippen LogP contribution in [0.1, 0.15) is 36.9 Å². The van der Waals surface area contributed by atoms with Crippen LogP contribution in [0.4, 0.5) is 4.79 Å². The Balaban J connectivity index is 2.23. The van der Waals surface area contributed by atoms with Crippen molar-refractivity contribution in [3.8, 4) is 0 Å². The van der Waals surface area contributed by atoms with Gasteiger partial charge in [0.05, 0.1) is 12.6 Å². The van der Waals surface area contributed by atoms with E-state index >= 15 is 0 Å². The lowest BCUT2D eigenvalue weighted by Crippen LogP contribution is -2.51. The standard InChI is InChI=1S/C18H24N2O4/c1-11(2)13-5-7-14(8-6-13)16-15(12(3)19-18(22)20-16)17(21)24-10-9-23-4/h5-8,11,15-16H,3,9-10H2,1-2,4H3,(H2,19,20,22)/t15-,16+/m0/s1. The van der Waals surface area contributed by atoms with Gasteiger partial charge >= 0.3 is 12.0 Å². The number of carbonyl (C=O) groups is 2. The third-order valence-electron chi connectivity index (χ3n) is 4.02. The van der Waals surface area contributed by atoms with E-state index in [1.165, 1.54) is 12.7 Å². The molecule has 1 aromatic carbocycles. The summed E-state index contributed by atoms with van der Waals surface area (Å²) in [6, 6.07) is 6.97. The molecule has 2 N–H and O–H groups in total. The summed E-state index contributed by atoms with van der Waals surface area (Å²) in [5.41, 5.74) is 2.36. The molecule has 130 valence electrons. The molecule has 0 spiro atoms. The summed E-state index contributed by atoms with van der Waals surface area (Å²) in [7, 11) is 1.54. The van der Waals surface area contributed by atoms with E-state index in [0.29, 0.717) is 18.2 Å². The first kappa shape index (κ1) is 18.0. The van der Waals surface area contributed by atoms with Crippen molar-refractivity contribution in [1.29, 1.82) is 0 Å². The van der Waals surface area contributed by atoms with Crippen LogP contribution in [0.3, 0.4) is 0 Å². The van der Waals surface area contributed by atoms with Crippen molar-refractivity contribution in [2.75, 3.05) is 20.3 Å². The maximum atomic E-state index is 12.4. The molecule has 6 nitrogen and oxygen atoms in total. The number of rotatable bonds is 6. The Morgan fingerprint density at radius 1 is 1.25 bits per heavy atom. The number of hydrogen-bond acceptors (Lipinski definition) is 4.